The van der Waals surface area contributed by atoms with Crippen molar-refractivity contribution in [1.82, 2.24) is 28.7 Å². The summed E-state index contributed by atoms with van der Waals surface area (Å²) in [6.07, 6.45) is 3.30. The second-order valence-electron chi connectivity index (χ2n) is 8.65. The number of rotatable bonds is 4. The van der Waals surface area contributed by atoms with Crippen molar-refractivity contribution in [1.29, 1.82) is 0 Å². The smallest absolute Gasteiger partial charge is 0.340 e. The molecule has 0 aliphatic heterocycles. The maximum absolute atomic E-state index is 13.9. The fraction of sp³-hybridized carbons (Fsp3) is 0.0323. The first-order valence-electron chi connectivity index (χ1n) is 13.4. The summed E-state index contributed by atoms with van der Waals surface area (Å²) < 4.78 is 29.4. The molecular weight excluding hydrogens is 667 g/mol. The van der Waals surface area contributed by atoms with Gasteiger partial charge in [0.1, 0.15) is 5.82 Å². The maximum atomic E-state index is 13.9. The van der Waals surface area contributed by atoms with Crippen molar-refractivity contribution in [2.75, 3.05) is 0 Å². The number of fused-ring (bicyclic) bond motifs is 2. The Balaban J connectivity index is 0.00000316. The number of pyridine rings is 2. The fourth-order valence-corrected chi connectivity index (χ4v) is 4.69. The summed E-state index contributed by atoms with van der Waals surface area (Å²) >= 11 is 0. The van der Waals surface area contributed by atoms with Crippen molar-refractivity contribution in [2.24, 2.45) is 0 Å². The Morgan fingerprint density at radius 1 is 0.769 bits per heavy atom. The summed E-state index contributed by atoms with van der Waals surface area (Å²) in [6.45, 7) is -2.54. The summed E-state index contributed by atoms with van der Waals surface area (Å²) in [4.78, 5) is 27.3. The minimum Gasteiger partial charge on any atom is -0.340 e. The van der Waals surface area contributed by atoms with Crippen molar-refractivity contribution in [3.63, 3.8) is 0 Å². The van der Waals surface area contributed by atoms with E-state index in [0.717, 1.165) is 0 Å². The average molecular weight is 691 g/mol. The third kappa shape index (κ3) is 4.12. The number of aryl methyl sites for hydroxylation is 1. The Labute approximate surface area is 242 Å². The van der Waals surface area contributed by atoms with Crippen LogP contribution >= 0.6 is 0 Å². The molecule has 0 saturated heterocycles. The number of imidazole rings is 2. The van der Waals surface area contributed by atoms with Crippen LogP contribution in [0.2, 0.25) is 0 Å². The van der Waals surface area contributed by atoms with E-state index in [2.05, 4.69) is 27.1 Å². The third-order valence-electron chi connectivity index (χ3n) is 6.36. The molecule has 4 aromatic heterocycles. The van der Waals surface area contributed by atoms with Gasteiger partial charge in [-0.2, -0.15) is 0 Å². The van der Waals surface area contributed by atoms with Crippen LogP contribution in [0.1, 0.15) is 9.94 Å². The minimum atomic E-state index is -2.54. The second kappa shape index (κ2) is 9.93. The first-order valence-corrected chi connectivity index (χ1v) is 11.9. The Morgan fingerprint density at radius 3 is 2.31 bits per heavy atom. The SMILES string of the molecule is [2H]C([2H])([2H])c1nc2cc3c([c-]c2n1-c1[c-]c(-c2ccccn2)ccc1)n(-c1ccccn1)c(=O)n3-c1ccccc1.[Pt+2]. The molecule has 0 N–H and O–H groups in total. The predicted molar refractivity (Wildman–Crippen MR) is 147 cm³/mol. The van der Waals surface area contributed by atoms with Crippen molar-refractivity contribution in [2.45, 2.75) is 6.85 Å². The van der Waals surface area contributed by atoms with Crippen LogP contribution in [0.5, 0.6) is 0 Å². The molecule has 7 aromatic rings. The van der Waals surface area contributed by atoms with Gasteiger partial charge in [0, 0.05) is 22.2 Å². The van der Waals surface area contributed by atoms with Gasteiger partial charge in [-0.25, -0.2) is 9.78 Å². The number of hydrogen-bond acceptors (Lipinski definition) is 4. The zero-order valence-corrected chi connectivity index (χ0v) is 22.5. The molecule has 7 nitrogen and oxygen atoms in total. The van der Waals surface area contributed by atoms with Gasteiger partial charge < -0.3 is 14.1 Å². The van der Waals surface area contributed by atoms with Crippen LogP contribution in [-0.4, -0.2) is 28.7 Å². The summed E-state index contributed by atoms with van der Waals surface area (Å²) in [5, 5.41) is 0. The second-order valence-corrected chi connectivity index (χ2v) is 8.65. The van der Waals surface area contributed by atoms with Crippen LogP contribution in [0.3, 0.4) is 0 Å². The number of nitrogens with zero attached hydrogens (tertiary/aromatic N) is 6. The maximum Gasteiger partial charge on any atom is 2.00 e. The van der Waals surface area contributed by atoms with Gasteiger partial charge in [-0.1, -0.05) is 36.4 Å². The van der Waals surface area contributed by atoms with Crippen LogP contribution in [0.15, 0.2) is 108 Å². The van der Waals surface area contributed by atoms with E-state index >= 15 is 0 Å². The molecule has 0 unspecified atom stereocenters. The summed E-state index contributed by atoms with van der Waals surface area (Å²) in [5.74, 6) is 0.280. The van der Waals surface area contributed by atoms with E-state index in [-0.39, 0.29) is 32.6 Å². The van der Waals surface area contributed by atoms with Gasteiger partial charge >= 0.3 is 26.8 Å². The molecule has 7 rings (SSSR count). The molecule has 0 radical (unpaired) electrons. The Kier molecular flexibility index (Phi) is 5.43. The van der Waals surface area contributed by atoms with Crippen molar-refractivity contribution in [3.05, 3.63) is 132 Å². The van der Waals surface area contributed by atoms with E-state index in [1.54, 1.807) is 47.3 Å². The molecule has 0 aliphatic rings. The van der Waals surface area contributed by atoms with Gasteiger partial charge in [-0.05, 0) is 70.6 Å². The molecule has 0 saturated carbocycles. The Morgan fingerprint density at radius 2 is 1.56 bits per heavy atom. The van der Waals surface area contributed by atoms with Gasteiger partial charge in [-0.15, -0.1) is 42.0 Å². The molecule has 0 spiro atoms. The normalized spacial score (nSPS) is 12.6. The molecule has 0 fully saturated rings. The van der Waals surface area contributed by atoms with Gasteiger partial charge in [0.2, 0.25) is 0 Å². The van der Waals surface area contributed by atoms with E-state index in [4.69, 9.17) is 4.11 Å². The molecule has 0 aliphatic carbocycles. The van der Waals surface area contributed by atoms with Gasteiger partial charge in [0.05, 0.1) is 5.82 Å². The topological polar surface area (TPSA) is 70.5 Å². The first kappa shape index (κ1) is 21.3. The Hall–Kier alpha value is -4.61. The predicted octanol–water partition coefficient (Wildman–Crippen LogP) is 5.48. The van der Waals surface area contributed by atoms with Crippen LogP contribution in [0.4, 0.5) is 0 Å². The summed E-state index contributed by atoms with van der Waals surface area (Å²) in [6, 6.07) is 33.9. The van der Waals surface area contributed by atoms with Gasteiger partial charge in [0.15, 0.2) is 0 Å². The van der Waals surface area contributed by atoms with E-state index in [1.807, 2.05) is 60.7 Å². The van der Waals surface area contributed by atoms with Crippen LogP contribution in [0, 0.1) is 19.0 Å². The third-order valence-corrected chi connectivity index (χ3v) is 6.36. The zero-order valence-electron chi connectivity index (χ0n) is 23.2. The molecule has 4 heterocycles. The van der Waals surface area contributed by atoms with E-state index in [1.165, 1.54) is 9.13 Å². The Bertz CT molecular complexity index is 2100. The summed E-state index contributed by atoms with van der Waals surface area (Å²) in [5.41, 5.74) is 3.91. The quantitative estimate of drug-likeness (QED) is 0.230. The average Bonchev–Trinajstić information content (AvgIpc) is 3.51. The first-order chi connectivity index (χ1) is 19.9. The minimum absolute atomic E-state index is 0. The molecule has 0 atom stereocenters. The van der Waals surface area contributed by atoms with Crippen molar-refractivity contribution in [3.8, 4) is 28.5 Å². The van der Waals surface area contributed by atoms with Crippen LogP contribution < -0.4 is 5.69 Å². The van der Waals surface area contributed by atoms with Gasteiger partial charge in [0.25, 0.3) is 0 Å². The van der Waals surface area contributed by atoms with Crippen LogP contribution in [0.25, 0.3) is 50.5 Å². The number of para-hydroxylation sites is 1. The van der Waals surface area contributed by atoms with E-state index < -0.39 is 6.85 Å². The zero-order chi connectivity index (χ0) is 28.1. The van der Waals surface area contributed by atoms with Crippen LogP contribution in [-0.2, 0) is 21.1 Å². The monoisotopic (exact) mass is 690 g/mol. The van der Waals surface area contributed by atoms with E-state index in [0.29, 0.717) is 50.5 Å². The molecule has 39 heavy (non-hydrogen) atoms. The number of hydrogen-bond donors (Lipinski definition) is 0. The van der Waals surface area contributed by atoms with Crippen molar-refractivity contribution >= 4 is 22.1 Å². The van der Waals surface area contributed by atoms with Gasteiger partial charge in [-0.3, -0.25) is 9.55 Å². The molecule has 8 heteroatoms. The molecule has 190 valence electrons. The number of aromatic nitrogens is 6. The fourth-order valence-electron chi connectivity index (χ4n) is 4.69. The number of benzene rings is 3. The molecule has 0 bridgehead atoms. The van der Waals surface area contributed by atoms with E-state index in [9.17, 15) is 4.79 Å². The van der Waals surface area contributed by atoms with Crippen molar-refractivity contribution < 1.29 is 25.2 Å². The molecule has 3 aromatic carbocycles. The summed E-state index contributed by atoms with van der Waals surface area (Å²) in [7, 11) is 0. The molecule has 0 amide bonds. The largest absolute Gasteiger partial charge is 2.00 e. The molecular formula is C31H20N6OPt. The standard InChI is InChI=1S/C31H20N6O.Pt/c1-21-34-26-19-28-29(20-27(26)35(21)24-13-9-10-22(18-24)25-14-5-7-16-32-25)37(30-15-6-8-17-33-30)31(38)36(28)23-11-3-2-4-12-23;/h2-17,19H,1H3;/q-2;+2/i1D3;.